The van der Waals surface area contributed by atoms with Gasteiger partial charge in [0.05, 0.1) is 12.0 Å². The number of aromatic nitrogens is 1. The summed E-state index contributed by atoms with van der Waals surface area (Å²) in [6.07, 6.45) is 2.84. The molecule has 0 bridgehead atoms. The lowest BCUT2D eigenvalue weighted by Crippen LogP contribution is -2.50. The predicted octanol–water partition coefficient (Wildman–Crippen LogP) is 3.09. The fourth-order valence-corrected chi connectivity index (χ4v) is 4.03. The molecule has 2 aromatic carbocycles. The van der Waals surface area contributed by atoms with Crippen molar-refractivity contribution in [2.45, 2.75) is 12.0 Å². The molecule has 1 unspecified atom stereocenters. The van der Waals surface area contributed by atoms with Crippen molar-refractivity contribution in [3.63, 3.8) is 0 Å². The van der Waals surface area contributed by atoms with Crippen LogP contribution in [0.5, 0.6) is 0 Å². The maximum atomic E-state index is 13.5. The van der Waals surface area contributed by atoms with Gasteiger partial charge in [0, 0.05) is 50.7 Å². The Morgan fingerprint density at radius 2 is 1.40 bits per heavy atom. The molecule has 0 spiro atoms. The van der Waals surface area contributed by atoms with E-state index in [1.165, 1.54) is 0 Å². The highest BCUT2D eigenvalue weighted by Crippen LogP contribution is 2.27. The molecule has 1 fully saturated rings. The number of hydrogen-bond acceptors (Lipinski definition) is 4. The average Bonchev–Trinajstić information content (AvgIpc) is 2.81. The van der Waals surface area contributed by atoms with Gasteiger partial charge in [0.15, 0.2) is 0 Å². The van der Waals surface area contributed by atoms with Crippen molar-refractivity contribution in [2.24, 2.45) is 0 Å². The summed E-state index contributed by atoms with van der Waals surface area (Å²) in [5.74, 6) is -0.153. The quantitative estimate of drug-likeness (QED) is 0.690. The zero-order valence-corrected chi connectivity index (χ0v) is 17.0. The summed E-state index contributed by atoms with van der Waals surface area (Å²) in [4.78, 5) is 21.7. The standard InChI is InChI=1S/C25H27N3O2/c29-23(22-12-7-13-26-18-22)19-27-14-16-28(17-15-27)25(30)24(20-8-3-1-4-9-20)21-10-5-2-6-11-21/h1-13,18,23-24,29H,14-17,19H2. The molecule has 30 heavy (non-hydrogen) atoms. The molecule has 0 aliphatic carbocycles. The van der Waals surface area contributed by atoms with Crippen molar-refractivity contribution in [3.8, 4) is 0 Å². The molecule has 1 atom stereocenters. The summed E-state index contributed by atoms with van der Waals surface area (Å²) in [5, 5.41) is 10.5. The van der Waals surface area contributed by atoms with Crippen LogP contribution in [0.15, 0.2) is 85.2 Å². The lowest BCUT2D eigenvalue weighted by molar-refractivity contribution is -0.133. The minimum Gasteiger partial charge on any atom is -0.387 e. The molecule has 1 N–H and O–H groups in total. The number of carbonyl (C=O) groups excluding carboxylic acids is 1. The Hall–Kier alpha value is -3.02. The van der Waals surface area contributed by atoms with Crippen molar-refractivity contribution in [3.05, 3.63) is 102 Å². The summed E-state index contributed by atoms with van der Waals surface area (Å²) in [7, 11) is 0. The second kappa shape index (κ2) is 9.65. The number of carbonyl (C=O) groups is 1. The molecule has 2 heterocycles. The second-order valence-corrected chi connectivity index (χ2v) is 7.68. The smallest absolute Gasteiger partial charge is 0.234 e. The first kappa shape index (κ1) is 20.3. The Morgan fingerprint density at radius 1 is 0.833 bits per heavy atom. The van der Waals surface area contributed by atoms with Crippen LogP contribution in [0.25, 0.3) is 0 Å². The van der Waals surface area contributed by atoms with Crippen LogP contribution in [0.3, 0.4) is 0 Å². The van der Waals surface area contributed by atoms with E-state index < -0.39 is 6.10 Å². The van der Waals surface area contributed by atoms with Crippen molar-refractivity contribution in [2.75, 3.05) is 32.7 Å². The summed E-state index contributed by atoms with van der Waals surface area (Å²) >= 11 is 0. The predicted molar refractivity (Wildman–Crippen MR) is 117 cm³/mol. The number of hydrogen-bond donors (Lipinski definition) is 1. The molecule has 1 aliphatic rings. The number of aliphatic hydroxyl groups excluding tert-OH is 1. The van der Waals surface area contributed by atoms with Crippen LogP contribution in [0.4, 0.5) is 0 Å². The maximum Gasteiger partial charge on any atom is 0.234 e. The first-order valence-corrected chi connectivity index (χ1v) is 10.4. The van der Waals surface area contributed by atoms with Crippen molar-refractivity contribution in [1.82, 2.24) is 14.8 Å². The second-order valence-electron chi connectivity index (χ2n) is 7.68. The fraction of sp³-hybridized carbons (Fsp3) is 0.280. The van der Waals surface area contributed by atoms with Gasteiger partial charge in [-0.3, -0.25) is 14.7 Å². The Morgan fingerprint density at radius 3 is 1.93 bits per heavy atom. The number of β-amino-alcohol motifs (C(OH)–C–C–N with tert-alkyl or cyclic N) is 1. The van der Waals surface area contributed by atoms with E-state index in [-0.39, 0.29) is 11.8 Å². The molecule has 1 amide bonds. The van der Waals surface area contributed by atoms with Gasteiger partial charge in [-0.1, -0.05) is 66.7 Å². The van der Waals surface area contributed by atoms with E-state index in [1.807, 2.05) is 77.7 Å². The van der Waals surface area contributed by atoms with Crippen molar-refractivity contribution in [1.29, 1.82) is 0 Å². The Labute approximate surface area is 177 Å². The maximum absolute atomic E-state index is 13.5. The van der Waals surface area contributed by atoms with Gasteiger partial charge < -0.3 is 10.0 Å². The fourth-order valence-electron chi connectivity index (χ4n) is 4.03. The summed E-state index contributed by atoms with van der Waals surface area (Å²) in [6.45, 7) is 3.37. The van der Waals surface area contributed by atoms with Gasteiger partial charge in [0.2, 0.25) is 5.91 Å². The minimum absolute atomic E-state index is 0.139. The van der Waals surface area contributed by atoms with Crippen LogP contribution in [-0.2, 0) is 4.79 Å². The Balaban J connectivity index is 1.42. The molecule has 0 radical (unpaired) electrons. The molecular formula is C25H27N3O2. The van der Waals surface area contributed by atoms with Gasteiger partial charge in [-0.15, -0.1) is 0 Å². The number of nitrogens with zero attached hydrogens (tertiary/aromatic N) is 3. The van der Waals surface area contributed by atoms with E-state index in [4.69, 9.17) is 0 Å². The summed E-state index contributed by atoms with van der Waals surface area (Å²) in [6, 6.07) is 23.7. The normalized spacial score (nSPS) is 15.9. The lowest BCUT2D eigenvalue weighted by atomic mass is 9.90. The highest BCUT2D eigenvalue weighted by atomic mass is 16.3. The Kier molecular flexibility index (Phi) is 6.52. The highest BCUT2D eigenvalue weighted by molar-refractivity contribution is 5.87. The number of benzene rings is 2. The molecule has 0 saturated carbocycles. The summed E-state index contributed by atoms with van der Waals surface area (Å²) < 4.78 is 0. The molecule has 4 rings (SSSR count). The highest BCUT2D eigenvalue weighted by Gasteiger charge is 2.30. The number of amides is 1. The molecular weight excluding hydrogens is 374 g/mol. The van der Waals surface area contributed by atoms with Crippen LogP contribution in [0.1, 0.15) is 28.7 Å². The largest absolute Gasteiger partial charge is 0.387 e. The third-order valence-corrected chi connectivity index (χ3v) is 5.70. The molecule has 5 nitrogen and oxygen atoms in total. The molecule has 1 aromatic heterocycles. The number of aliphatic hydroxyl groups is 1. The number of piperazine rings is 1. The van der Waals surface area contributed by atoms with E-state index in [0.717, 1.165) is 29.8 Å². The van der Waals surface area contributed by atoms with E-state index in [1.54, 1.807) is 12.4 Å². The van der Waals surface area contributed by atoms with E-state index in [2.05, 4.69) is 9.88 Å². The monoisotopic (exact) mass is 401 g/mol. The SMILES string of the molecule is O=C(C(c1ccccc1)c1ccccc1)N1CCN(CC(O)c2cccnc2)CC1. The van der Waals surface area contributed by atoms with Gasteiger partial charge in [-0.05, 0) is 17.2 Å². The van der Waals surface area contributed by atoms with Crippen LogP contribution in [0, 0.1) is 0 Å². The third kappa shape index (κ3) is 4.75. The van der Waals surface area contributed by atoms with Gasteiger partial charge in [0.25, 0.3) is 0 Å². The first-order valence-electron chi connectivity index (χ1n) is 10.4. The topological polar surface area (TPSA) is 56.7 Å². The molecule has 5 heteroatoms. The van der Waals surface area contributed by atoms with Gasteiger partial charge in [-0.25, -0.2) is 0 Å². The zero-order valence-electron chi connectivity index (χ0n) is 17.0. The van der Waals surface area contributed by atoms with Crippen LogP contribution in [-0.4, -0.2) is 58.5 Å². The van der Waals surface area contributed by atoms with E-state index >= 15 is 0 Å². The Bertz CT molecular complexity index is 887. The molecule has 3 aromatic rings. The van der Waals surface area contributed by atoms with Crippen molar-refractivity contribution < 1.29 is 9.90 Å². The first-order chi connectivity index (χ1) is 14.7. The van der Waals surface area contributed by atoms with Crippen molar-refractivity contribution >= 4 is 5.91 Å². The minimum atomic E-state index is -0.567. The number of rotatable bonds is 6. The summed E-state index contributed by atoms with van der Waals surface area (Å²) in [5.41, 5.74) is 2.86. The molecule has 154 valence electrons. The van der Waals surface area contributed by atoms with Gasteiger partial charge >= 0.3 is 0 Å². The lowest BCUT2D eigenvalue weighted by Gasteiger charge is -2.37. The third-order valence-electron chi connectivity index (χ3n) is 5.70. The van der Waals surface area contributed by atoms with Crippen LogP contribution in [0.2, 0.25) is 0 Å². The number of pyridine rings is 1. The van der Waals surface area contributed by atoms with E-state index in [0.29, 0.717) is 19.6 Å². The molecule has 1 aliphatic heterocycles. The van der Waals surface area contributed by atoms with E-state index in [9.17, 15) is 9.90 Å². The van der Waals surface area contributed by atoms with Crippen LogP contribution < -0.4 is 0 Å². The average molecular weight is 402 g/mol. The zero-order chi connectivity index (χ0) is 20.8. The van der Waals surface area contributed by atoms with Gasteiger partial charge in [-0.2, -0.15) is 0 Å². The van der Waals surface area contributed by atoms with Gasteiger partial charge in [0.1, 0.15) is 0 Å². The molecule has 1 saturated heterocycles. The van der Waals surface area contributed by atoms with Crippen LogP contribution >= 0.6 is 0 Å².